The molecule has 0 aromatic heterocycles. The SMILES string of the molecule is CC(C)(C)OC(=O)NC1C(=O)NC2Cc3ccc(c(Cl)c3)Oc3cc4cc(c3O)Oc3ccc(cc3Cl)C(O)C(C(=O)NC(C(=O)OCC#N)c3cc(O)cc(O)c3)NC(=O)C(c3ccc(O)cc3)NC(=O)C4NC(=O)C(NC2=O)c2cc(O)cc(c2)Oc2cc1ccc2O. The lowest BCUT2D eigenvalue weighted by Crippen LogP contribution is -2.55. The van der Waals surface area contributed by atoms with Gasteiger partial charge in [-0.1, -0.05) is 53.5 Å². The number of fused-ring (bicyclic) bond motifs is 15. The molecule has 5 heterocycles. The molecule has 30 heteroatoms. The number of aromatic hydroxyl groups is 6. The zero-order chi connectivity index (χ0) is 68.3. The molecular formula is C65H56Cl2N8O20. The van der Waals surface area contributed by atoms with E-state index in [4.69, 9.17) is 46.9 Å². The summed E-state index contributed by atoms with van der Waals surface area (Å²) in [6, 6.07) is 11.7. The van der Waals surface area contributed by atoms with E-state index < -0.39 is 155 Å². The van der Waals surface area contributed by atoms with E-state index in [1.807, 2.05) is 0 Å². The van der Waals surface area contributed by atoms with Gasteiger partial charge in [0.25, 0.3) is 0 Å². The zero-order valence-corrected chi connectivity index (χ0v) is 51.3. The second-order valence-electron chi connectivity index (χ2n) is 22.8. The molecule has 12 rings (SSSR count). The summed E-state index contributed by atoms with van der Waals surface area (Å²) in [5.74, 6) is -14.4. The average molecular weight is 1340 g/mol. The molecule has 0 fully saturated rings. The van der Waals surface area contributed by atoms with Gasteiger partial charge >= 0.3 is 12.1 Å². The predicted octanol–water partition coefficient (Wildman–Crippen LogP) is 6.55. The van der Waals surface area contributed by atoms with Gasteiger partial charge in [-0.2, -0.15) is 5.26 Å². The molecule has 490 valence electrons. The van der Waals surface area contributed by atoms with Crippen molar-refractivity contribution in [1.82, 2.24) is 37.2 Å². The molecule has 8 unspecified atom stereocenters. The number of carbonyl (C=O) groups excluding carboxylic acids is 8. The van der Waals surface area contributed by atoms with Crippen molar-refractivity contribution in [3.05, 3.63) is 176 Å². The number of hydrogen-bond donors (Lipinski definition) is 14. The standard InChI is InChI=1S/C65H56Cl2N8O20/c1-65(2,3)95-64(90)75-50-30-7-11-43(80)46(23-30)92-39-21-33(20-38(79)27-39)51-60(86)72-52-34-24-47(93-44-12-4-28(16-40(44)66)17-42(57(83)70-51)69-58(50)84)56(82)48(25-34)94-45-13-8-31(22-41(45)67)55(81)54(74-59(85)49(71-61(52)87)29-5-9-35(76)10-6-29)62(88)73-53(63(89)91-15-14-68)32-18-36(77)26-37(78)19-32/h4-13,16,18-27,42,49-55,76-82H,15,17H2,1-3H3,(H,69,84)(H,70,83)(H,71,87)(H,72,86)(H,73,88)(H,74,85)(H,75,90). The summed E-state index contributed by atoms with van der Waals surface area (Å²) in [7, 11) is 0. The highest BCUT2D eigenvalue weighted by atomic mass is 35.5. The number of esters is 1. The normalized spacial score (nSPS) is 19.8. The molecule has 14 N–H and O–H groups in total. The Hall–Kier alpha value is -11.7. The number of phenolic OH excluding ortho intramolecular Hbond substituents is 6. The van der Waals surface area contributed by atoms with Crippen LogP contribution in [0.25, 0.3) is 0 Å². The molecule has 0 spiro atoms. The van der Waals surface area contributed by atoms with Crippen LogP contribution in [0.5, 0.6) is 69.0 Å². The fourth-order valence-electron chi connectivity index (χ4n) is 10.3. The zero-order valence-electron chi connectivity index (χ0n) is 49.8. The molecular weight excluding hydrogens is 1280 g/mol. The quantitative estimate of drug-likeness (QED) is 0.0752. The third-order valence-electron chi connectivity index (χ3n) is 14.7. The second kappa shape index (κ2) is 27.3. The summed E-state index contributed by atoms with van der Waals surface area (Å²) in [6.07, 6.45) is -3.69. The summed E-state index contributed by atoms with van der Waals surface area (Å²) in [6.45, 7) is 3.87. The van der Waals surface area contributed by atoms with Gasteiger partial charge in [0.1, 0.15) is 94.3 Å². The van der Waals surface area contributed by atoms with Gasteiger partial charge in [0.2, 0.25) is 41.2 Å². The third-order valence-corrected chi connectivity index (χ3v) is 15.3. The van der Waals surface area contributed by atoms with Crippen molar-refractivity contribution in [3.8, 4) is 75.1 Å². The number of rotatable bonds is 7. The topological polar surface area (TPSA) is 432 Å². The summed E-state index contributed by atoms with van der Waals surface area (Å²) in [5.41, 5.74) is -2.15. The van der Waals surface area contributed by atoms with E-state index >= 15 is 19.2 Å². The molecule has 13 bridgehead atoms. The highest BCUT2D eigenvalue weighted by Crippen LogP contribution is 2.47. The number of hydrogen-bond acceptors (Lipinski definition) is 21. The first-order chi connectivity index (χ1) is 45.1. The van der Waals surface area contributed by atoms with Gasteiger partial charge in [0.15, 0.2) is 35.6 Å². The summed E-state index contributed by atoms with van der Waals surface area (Å²) >= 11 is 13.8. The van der Waals surface area contributed by atoms with E-state index in [1.54, 1.807) is 26.8 Å². The number of aliphatic hydroxyl groups is 1. The van der Waals surface area contributed by atoms with Crippen molar-refractivity contribution in [2.45, 2.75) is 81.2 Å². The lowest BCUT2D eigenvalue weighted by atomic mass is 9.97. The molecule has 0 radical (unpaired) electrons. The van der Waals surface area contributed by atoms with Gasteiger partial charge in [0, 0.05) is 18.6 Å². The average Bonchev–Trinajstić information content (AvgIpc) is 0.795. The number of ether oxygens (including phenoxy) is 5. The van der Waals surface area contributed by atoms with Crippen LogP contribution < -0.4 is 51.4 Å². The summed E-state index contributed by atoms with van der Waals surface area (Å²) in [5, 5.41) is 104. The Morgan fingerprint density at radius 2 is 1.15 bits per heavy atom. The van der Waals surface area contributed by atoms with Gasteiger partial charge < -0.3 is 96.6 Å². The molecule has 7 aromatic rings. The number of carbonyl (C=O) groups is 8. The van der Waals surface area contributed by atoms with Crippen molar-refractivity contribution in [2.24, 2.45) is 0 Å². The molecule has 95 heavy (non-hydrogen) atoms. The maximum atomic E-state index is 15.7. The molecule has 0 saturated heterocycles. The number of aliphatic hydroxyl groups excluding tert-OH is 1. The monoisotopic (exact) mass is 1340 g/mol. The van der Waals surface area contributed by atoms with Crippen LogP contribution in [0, 0.1) is 11.3 Å². The minimum Gasteiger partial charge on any atom is -0.508 e. The lowest BCUT2D eigenvalue weighted by Gasteiger charge is -2.30. The number of nitriles is 1. The molecule has 5 aliphatic heterocycles. The number of alkyl carbamates (subject to hydrolysis) is 1. The van der Waals surface area contributed by atoms with Crippen LogP contribution in [0.3, 0.4) is 0 Å². The summed E-state index contributed by atoms with van der Waals surface area (Å²) < 4.78 is 29.0. The molecule has 28 nitrogen and oxygen atoms in total. The van der Waals surface area contributed by atoms with Crippen molar-refractivity contribution < 1.29 is 97.8 Å². The fraction of sp³-hybridized carbons (Fsp3) is 0.215. The highest BCUT2D eigenvalue weighted by molar-refractivity contribution is 6.32. The molecule has 0 saturated carbocycles. The Labute approximate surface area is 547 Å². The van der Waals surface area contributed by atoms with E-state index in [0.29, 0.717) is 0 Å². The Morgan fingerprint density at radius 3 is 1.77 bits per heavy atom. The fourth-order valence-corrected chi connectivity index (χ4v) is 10.8. The number of phenols is 6. The van der Waals surface area contributed by atoms with E-state index in [2.05, 4.69) is 37.2 Å². The van der Waals surface area contributed by atoms with Gasteiger partial charge in [-0.3, -0.25) is 28.8 Å². The summed E-state index contributed by atoms with van der Waals surface area (Å²) in [4.78, 5) is 118. The minimum absolute atomic E-state index is 0.00898. The number of halogens is 2. The number of benzene rings is 7. The maximum absolute atomic E-state index is 15.7. The second-order valence-corrected chi connectivity index (χ2v) is 23.6. The van der Waals surface area contributed by atoms with Gasteiger partial charge in [-0.05, 0) is 145 Å². The van der Waals surface area contributed by atoms with Crippen LogP contribution in [-0.4, -0.2) is 108 Å². The Morgan fingerprint density at radius 1 is 0.589 bits per heavy atom. The van der Waals surface area contributed by atoms with Crippen molar-refractivity contribution in [2.75, 3.05) is 6.61 Å². The third kappa shape index (κ3) is 15.3. The molecule has 8 atom stereocenters. The van der Waals surface area contributed by atoms with Crippen LogP contribution in [0.15, 0.2) is 127 Å². The first-order valence-electron chi connectivity index (χ1n) is 28.6. The predicted molar refractivity (Wildman–Crippen MR) is 330 cm³/mol. The number of nitrogens with zero attached hydrogens (tertiary/aromatic N) is 1. The van der Waals surface area contributed by atoms with Crippen molar-refractivity contribution in [1.29, 1.82) is 5.26 Å². The number of amides is 7. The van der Waals surface area contributed by atoms with Crippen LogP contribution in [0.4, 0.5) is 4.79 Å². The van der Waals surface area contributed by atoms with Gasteiger partial charge in [-0.15, -0.1) is 0 Å². The molecule has 0 aliphatic carbocycles. The van der Waals surface area contributed by atoms with E-state index in [9.17, 15) is 60.2 Å². The van der Waals surface area contributed by atoms with Crippen LogP contribution in [0.2, 0.25) is 10.0 Å². The Kier molecular flexibility index (Phi) is 19.0. The first kappa shape index (κ1) is 66.3. The Bertz CT molecular complexity index is 4290. The van der Waals surface area contributed by atoms with Gasteiger partial charge in [0.05, 0.1) is 10.0 Å². The van der Waals surface area contributed by atoms with E-state index in [0.717, 1.165) is 66.7 Å². The van der Waals surface area contributed by atoms with Crippen molar-refractivity contribution in [3.63, 3.8) is 0 Å². The van der Waals surface area contributed by atoms with E-state index in [-0.39, 0.29) is 77.7 Å². The minimum atomic E-state index is -2.24. The maximum Gasteiger partial charge on any atom is 0.408 e. The first-order valence-corrected chi connectivity index (χ1v) is 29.3. The van der Waals surface area contributed by atoms with Crippen molar-refractivity contribution >= 4 is 70.7 Å². The van der Waals surface area contributed by atoms with E-state index in [1.165, 1.54) is 60.7 Å². The van der Waals surface area contributed by atoms with Crippen LogP contribution in [-0.2, 0) is 49.5 Å². The van der Waals surface area contributed by atoms with Crippen LogP contribution in [0.1, 0.15) is 96.0 Å². The molecule has 7 amide bonds. The van der Waals surface area contributed by atoms with Crippen LogP contribution >= 0.6 is 23.2 Å². The Balaban J connectivity index is 1.14. The lowest BCUT2D eigenvalue weighted by molar-refractivity contribution is -0.147. The highest BCUT2D eigenvalue weighted by Gasteiger charge is 2.41. The van der Waals surface area contributed by atoms with Gasteiger partial charge in [-0.25, -0.2) is 9.59 Å². The molecule has 5 aliphatic rings. The number of nitrogens with one attached hydrogen (secondary N) is 7. The largest absolute Gasteiger partial charge is 0.508 e. The smallest absolute Gasteiger partial charge is 0.408 e. The molecule has 7 aromatic carbocycles.